The van der Waals surface area contributed by atoms with Crippen molar-refractivity contribution in [2.24, 2.45) is 38.4 Å². The van der Waals surface area contributed by atoms with Crippen molar-refractivity contribution in [3.63, 3.8) is 0 Å². The van der Waals surface area contributed by atoms with Gasteiger partial charge in [0, 0.05) is 10.8 Å². The maximum atomic E-state index is 6.31. The largest absolute Gasteiger partial charge is 0.320 e. The minimum absolute atomic E-state index is 0.0142. The molecule has 3 aliphatic carbocycles. The summed E-state index contributed by atoms with van der Waals surface area (Å²) in [6.45, 7) is 18.4. The highest BCUT2D eigenvalue weighted by Gasteiger charge is 3.06. The van der Waals surface area contributed by atoms with Gasteiger partial charge in [-0.05, 0) is 60.4 Å². The van der Waals surface area contributed by atoms with Gasteiger partial charge in [0.2, 0.25) is 0 Å². The van der Waals surface area contributed by atoms with Crippen LogP contribution in [-0.2, 0) is 0 Å². The molecule has 0 radical (unpaired) electrons. The summed E-state index contributed by atoms with van der Waals surface area (Å²) in [6.07, 6.45) is 10.1. The Balaban J connectivity index is 2.21. The first-order chi connectivity index (χ1) is 10.0. The summed E-state index contributed by atoms with van der Waals surface area (Å²) in [7, 11) is 2.05. The second-order valence-corrected chi connectivity index (χ2v) is 9.79. The molecular formula is C21H35N. The van der Waals surface area contributed by atoms with Gasteiger partial charge in [0.05, 0.1) is 0 Å². The van der Waals surface area contributed by atoms with E-state index in [4.69, 9.17) is 6.42 Å². The molecule has 3 fully saturated rings. The summed E-state index contributed by atoms with van der Waals surface area (Å²) in [6, 6.07) is 0. The zero-order chi connectivity index (χ0) is 16.8. The fraction of sp³-hybridized carbons (Fsp3) is 0.905. The first-order valence-electron chi connectivity index (χ1n) is 9.15. The van der Waals surface area contributed by atoms with Crippen LogP contribution in [0.15, 0.2) is 0 Å². The molecular weight excluding hydrogens is 266 g/mol. The minimum atomic E-state index is 0.0142. The number of hydrogen-bond donors (Lipinski definition) is 1. The van der Waals surface area contributed by atoms with Gasteiger partial charge in [0.1, 0.15) is 0 Å². The Morgan fingerprint density at radius 2 is 1.64 bits per heavy atom. The standard InChI is InChI=1S/C21H35N/c1-10-20(15(2)3,13-14-22-9)21-17(6)11-12-18(21,7)19(21,8)16(17,4)5/h1,15,22H,11-14H2,2-9H3. The van der Waals surface area contributed by atoms with Crippen LogP contribution in [-0.4, -0.2) is 13.6 Å². The average molecular weight is 302 g/mol. The molecule has 0 aromatic carbocycles. The van der Waals surface area contributed by atoms with E-state index in [0.29, 0.717) is 33.0 Å². The van der Waals surface area contributed by atoms with Crippen molar-refractivity contribution in [1.82, 2.24) is 5.32 Å². The summed E-state index contributed by atoms with van der Waals surface area (Å²) in [5, 5.41) is 3.36. The van der Waals surface area contributed by atoms with Crippen molar-refractivity contribution < 1.29 is 0 Å². The summed E-state index contributed by atoms with van der Waals surface area (Å²) in [4.78, 5) is 0. The van der Waals surface area contributed by atoms with Crippen molar-refractivity contribution in [3.05, 3.63) is 0 Å². The number of rotatable bonds is 5. The lowest BCUT2D eigenvalue weighted by molar-refractivity contribution is -0.222. The van der Waals surface area contributed by atoms with E-state index in [1.807, 2.05) is 7.05 Å². The first kappa shape index (κ1) is 16.4. The molecule has 3 rings (SSSR count). The number of terminal acetylenes is 1. The van der Waals surface area contributed by atoms with Gasteiger partial charge in [-0.3, -0.25) is 0 Å². The van der Waals surface area contributed by atoms with Crippen molar-refractivity contribution in [3.8, 4) is 12.3 Å². The fourth-order valence-corrected chi connectivity index (χ4v) is 8.71. The summed E-state index contributed by atoms with van der Waals surface area (Å²) in [5.74, 6) is 3.94. The lowest BCUT2D eigenvalue weighted by atomic mass is 9.33. The van der Waals surface area contributed by atoms with Crippen LogP contribution < -0.4 is 5.32 Å². The molecule has 0 aliphatic heterocycles. The Morgan fingerprint density at radius 3 is 2.00 bits per heavy atom. The smallest absolute Gasteiger partial charge is 0.0419 e. The third kappa shape index (κ3) is 1.01. The molecule has 1 heteroatoms. The fourth-order valence-electron chi connectivity index (χ4n) is 8.71. The second-order valence-electron chi connectivity index (χ2n) is 9.79. The zero-order valence-electron chi connectivity index (χ0n) is 16.0. The van der Waals surface area contributed by atoms with Crippen LogP contribution in [0.5, 0.6) is 0 Å². The van der Waals surface area contributed by atoms with Crippen LogP contribution in [0.3, 0.4) is 0 Å². The Morgan fingerprint density at radius 1 is 1.09 bits per heavy atom. The molecule has 124 valence electrons. The monoisotopic (exact) mass is 301 g/mol. The van der Waals surface area contributed by atoms with Gasteiger partial charge in [-0.15, -0.1) is 6.42 Å². The SMILES string of the molecule is C#CC(CCNC)(C(C)C)C12C3(C)CCC1(C)C2(C)C3(C)C. The van der Waals surface area contributed by atoms with Gasteiger partial charge in [0.15, 0.2) is 0 Å². The molecule has 22 heavy (non-hydrogen) atoms. The van der Waals surface area contributed by atoms with Crippen molar-refractivity contribution in [2.75, 3.05) is 13.6 Å². The highest BCUT2D eigenvalue weighted by Crippen LogP contribution is 3.09. The maximum absolute atomic E-state index is 6.31. The Labute approximate surface area is 138 Å². The molecule has 0 saturated heterocycles. The van der Waals surface area contributed by atoms with Gasteiger partial charge < -0.3 is 5.32 Å². The Bertz CT molecular complexity index is 541. The van der Waals surface area contributed by atoms with E-state index < -0.39 is 0 Å². The molecule has 3 saturated carbocycles. The average Bonchev–Trinajstić information content (AvgIpc) is 2.75. The summed E-state index contributed by atoms with van der Waals surface area (Å²) in [5.41, 5.74) is 1.92. The predicted molar refractivity (Wildman–Crippen MR) is 94.4 cm³/mol. The van der Waals surface area contributed by atoms with Gasteiger partial charge in [0.25, 0.3) is 0 Å². The molecule has 1 N–H and O–H groups in total. The van der Waals surface area contributed by atoms with Gasteiger partial charge in [-0.1, -0.05) is 54.4 Å². The zero-order valence-corrected chi connectivity index (χ0v) is 16.0. The van der Waals surface area contributed by atoms with Crippen molar-refractivity contribution in [1.29, 1.82) is 0 Å². The molecule has 3 aliphatic rings. The van der Waals surface area contributed by atoms with Crippen LogP contribution in [0.1, 0.15) is 67.7 Å². The lowest BCUT2D eigenvalue weighted by Crippen LogP contribution is -2.66. The van der Waals surface area contributed by atoms with E-state index in [9.17, 15) is 0 Å². The highest BCUT2D eigenvalue weighted by molar-refractivity contribution is 5.54. The van der Waals surface area contributed by atoms with Gasteiger partial charge in [-0.25, -0.2) is 0 Å². The Hall–Kier alpha value is -0.480. The topological polar surface area (TPSA) is 12.0 Å². The number of fused-ring (bicyclic) bond motifs is 1. The quantitative estimate of drug-likeness (QED) is 0.724. The number of hydrogen-bond acceptors (Lipinski definition) is 1. The van der Waals surface area contributed by atoms with E-state index in [0.717, 1.165) is 13.0 Å². The summed E-state index contributed by atoms with van der Waals surface area (Å²) >= 11 is 0. The van der Waals surface area contributed by atoms with Crippen LogP contribution in [0.4, 0.5) is 0 Å². The molecule has 0 spiro atoms. The van der Waals surface area contributed by atoms with Gasteiger partial charge in [-0.2, -0.15) is 0 Å². The molecule has 0 aromatic rings. The second kappa shape index (κ2) is 3.94. The normalized spacial score (nSPS) is 50.0. The highest BCUT2D eigenvalue weighted by atomic mass is 15.1. The summed E-state index contributed by atoms with van der Waals surface area (Å²) < 4.78 is 0. The predicted octanol–water partition coefficient (Wildman–Crippen LogP) is 4.72. The van der Waals surface area contributed by atoms with Crippen molar-refractivity contribution >= 4 is 0 Å². The van der Waals surface area contributed by atoms with Crippen LogP contribution >= 0.6 is 0 Å². The van der Waals surface area contributed by atoms with E-state index in [-0.39, 0.29) is 5.41 Å². The molecule has 0 bridgehead atoms. The third-order valence-electron chi connectivity index (χ3n) is 9.88. The number of nitrogens with one attached hydrogen (secondary N) is 1. The minimum Gasteiger partial charge on any atom is -0.320 e. The molecule has 0 aromatic heterocycles. The third-order valence-corrected chi connectivity index (χ3v) is 9.88. The molecule has 0 amide bonds. The van der Waals surface area contributed by atoms with Crippen molar-refractivity contribution in [2.45, 2.75) is 67.7 Å². The van der Waals surface area contributed by atoms with Gasteiger partial charge >= 0.3 is 0 Å². The molecule has 0 heterocycles. The van der Waals surface area contributed by atoms with Crippen LogP contribution in [0, 0.1) is 50.8 Å². The van der Waals surface area contributed by atoms with E-state index in [2.05, 4.69) is 59.7 Å². The molecule has 5 atom stereocenters. The Kier molecular flexibility index (Phi) is 2.94. The van der Waals surface area contributed by atoms with E-state index in [1.54, 1.807) is 0 Å². The van der Waals surface area contributed by atoms with E-state index >= 15 is 0 Å². The maximum Gasteiger partial charge on any atom is 0.0419 e. The van der Waals surface area contributed by atoms with Crippen LogP contribution in [0.2, 0.25) is 0 Å². The lowest BCUT2D eigenvalue weighted by Gasteiger charge is -2.70. The van der Waals surface area contributed by atoms with Crippen LogP contribution in [0.25, 0.3) is 0 Å². The molecule has 5 unspecified atom stereocenters. The van der Waals surface area contributed by atoms with E-state index in [1.165, 1.54) is 12.8 Å². The first-order valence-corrected chi connectivity index (χ1v) is 9.15. The molecule has 1 nitrogen and oxygen atoms in total.